The van der Waals surface area contributed by atoms with Crippen LogP contribution in [0.3, 0.4) is 0 Å². The van der Waals surface area contributed by atoms with Crippen LogP contribution in [0.25, 0.3) is 0 Å². The van der Waals surface area contributed by atoms with E-state index < -0.39 is 5.91 Å². The van der Waals surface area contributed by atoms with E-state index >= 15 is 0 Å². The van der Waals surface area contributed by atoms with Gasteiger partial charge in [0, 0.05) is 5.02 Å². The zero-order valence-corrected chi connectivity index (χ0v) is 11.7. The Hall–Kier alpha value is -1.42. The maximum absolute atomic E-state index is 12.0. The lowest BCUT2D eigenvalue weighted by Crippen LogP contribution is -2.12. The highest BCUT2D eigenvalue weighted by atomic mass is 35.5. The number of benzene rings is 2. The van der Waals surface area contributed by atoms with Gasteiger partial charge in [-0.2, -0.15) is 0 Å². The van der Waals surface area contributed by atoms with Gasteiger partial charge in [0.25, 0.3) is 5.91 Å². The molecule has 2 aromatic carbocycles. The van der Waals surface area contributed by atoms with Crippen molar-refractivity contribution in [2.24, 2.45) is 0 Å². The molecule has 6 heteroatoms. The quantitative estimate of drug-likeness (QED) is 0.850. The molecule has 2 rings (SSSR count). The van der Waals surface area contributed by atoms with Crippen LogP contribution in [-0.4, -0.2) is 11.0 Å². The van der Waals surface area contributed by atoms with E-state index in [9.17, 15) is 9.90 Å². The highest BCUT2D eigenvalue weighted by Crippen LogP contribution is 2.30. The van der Waals surface area contributed by atoms with Gasteiger partial charge in [0.1, 0.15) is 5.75 Å². The average Bonchev–Trinajstić information content (AvgIpc) is 2.34. The van der Waals surface area contributed by atoms with Crippen LogP contribution in [0.4, 0.5) is 5.69 Å². The minimum Gasteiger partial charge on any atom is -0.507 e. The second kappa shape index (κ2) is 5.70. The molecule has 0 unspecified atom stereocenters. The van der Waals surface area contributed by atoms with E-state index in [1.54, 1.807) is 18.2 Å². The molecular formula is C13H8Cl3NO2. The molecule has 0 aliphatic heterocycles. The number of carbonyl (C=O) groups excluding carboxylic acids is 1. The number of phenolic OH excluding ortho intramolecular Hbond substituents is 1. The average molecular weight is 317 g/mol. The van der Waals surface area contributed by atoms with Crippen LogP contribution in [0.15, 0.2) is 36.4 Å². The number of rotatable bonds is 2. The topological polar surface area (TPSA) is 49.3 Å². The van der Waals surface area contributed by atoms with E-state index in [0.29, 0.717) is 15.7 Å². The Labute approximate surface area is 124 Å². The number of amides is 1. The predicted octanol–water partition coefficient (Wildman–Crippen LogP) is 4.60. The summed E-state index contributed by atoms with van der Waals surface area (Å²) in [5, 5.41) is 13.1. The van der Waals surface area contributed by atoms with Crippen molar-refractivity contribution >= 4 is 46.4 Å². The highest BCUT2D eigenvalue weighted by molar-refractivity contribution is 6.44. The van der Waals surface area contributed by atoms with Crippen LogP contribution in [0.1, 0.15) is 10.4 Å². The maximum atomic E-state index is 12.0. The van der Waals surface area contributed by atoms with E-state index in [2.05, 4.69) is 5.32 Å². The van der Waals surface area contributed by atoms with Crippen molar-refractivity contribution in [1.82, 2.24) is 0 Å². The summed E-state index contributed by atoms with van der Waals surface area (Å²) in [6.45, 7) is 0. The molecule has 0 aliphatic rings. The molecule has 0 fully saturated rings. The number of carbonyl (C=O) groups is 1. The van der Waals surface area contributed by atoms with Crippen LogP contribution < -0.4 is 5.32 Å². The van der Waals surface area contributed by atoms with Gasteiger partial charge in [-0.05, 0) is 30.3 Å². The first-order valence-electron chi connectivity index (χ1n) is 5.23. The monoisotopic (exact) mass is 315 g/mol. The molecule has 0 atom stereocenters. The largest absolute Gasteiger partial charge is 0.507 e. The molecule has 0 saturated carbocycles. The Morgan fingerprint density at radius 1 is 1.11 bits per heavy atom. The number of halogens is 3. The first kappa shape index (κ1) is 14.0. The lowest BCUT2D eigenvalue weighted by atomic mass is 10.2. The van der Waals surface area contributed by atoms with Gasteiger partial charge in [0.15, 0.2) is 0 Å². The van der Waals surface area contributed by atoms with Gasteiger partial charge in [0.2, 0.25) is 0 Å². The van der Waals surface area contributed by atoms with Crippen LogP contribution in [0.2, 0.25) is 15.1 Å². The molecule has 19 heavy (non-hydrogen) atoms. The molecule has 0 aliphatic carbocycles. The third-order valence-corrected chi connectivity index (χ3v) is 3.46. The van der Waals surface area contributed by atoms with Crippen molar-refractivity contribution in [3.63, 3.8) is 0 Å². The number of anilines is 1. The first-order chi connectivity index (χ1) is 8.99. The van der Waals surface area contributed by atoms with Gasteiger partial charge < -0.3 is 10.4 Å². The van der Waals surface area contributed by atoms with Crippen molar-refractivity contribution in [2.75, 3.05) is 5.32 Å². The highest BCUT2D eigenvalue weighted by Gasteiger charge is 2.13. The summed E-state index contributed by atoms with van der Waals surface area (Å²) in [5.74, 6) is -0.707. The Balaban J connectivity index is 2.28. The maximum Gasteiger partial charge on any atom is 0.259 e. The first-order valence-corrected chi connectivity index (χ1v) is 6.36. The van der Waals surface area contributed by atoms with Crippen LogP contribution in [-0.2, 0) is 0 Å². The van der Waals surface area contributed by atoms with E-state index in [0.717, 1.165) is 0 Å². The lowest BCUT2D eigenvalue weighted by Gasteiger charge is -2.09. The van der Waals surface area contributed by atoms with Gasteiger partial charge in [-0.3, -0.25) is 4.79 Å². The lowest BCUT2D eigenvalue weighted by molar-refractivity contribution is 0.102. The summed E-state index contributed by atoms with van der Waals surface area (Å²) in [7, 11) is 0. The fourth-order valence-corrected chi connectivity index (χ4v) is 2.00. The molecule has 0 bridgehead atoms. The van der Waals surface area contributed by atoms with Gasteiger partial charge in [-0.25, -0.2) is 0 Å². The summed E-state index contributed by atoms with van der Waals surface area (Å²) in [6.07, 6.45) is 0. The standard InChI is InChI=1S/C13H8Cl3NO2/c14-7-4-5-8(11(18)6-7)13(19)17-10-3-1-2-9(15)12(10)16/h1-6,18H,(H,17,19). The number of hydrogen-bond acceptors (Lipinski definition) is 2. The van der Waals surface area contributed by atoms with Crippen molar-refractivity contribution in [2.45, 2.75) is 0 Å². The number of nitrogens with one attached hydrogen (secondary N) is 1. The molecule has 98 valence electrons. The minimum absolute atomic E-state index is 0.0976. The Morgan fingerprint density at radius 3 is 2.53 bits per heavy atom. The summed E-state index contributed by atoms with van der Waals surface area (Å²) < 4.78 is 0. The summed E-state index contributed by atoms with van der Waals surface area (Å²) in [6, 6.07) is 9.10. The van der Waals surface area contributed by atoms with Crippen LogP contribution in [0, 0.1) is 0 Å². The van der Waals surface area contributed by atoms with E-state index in [-0.39, 0.29) is 16.3 Å². The van der Waals surface area contributed by atoms with Crippen molar-refractivity contribution < 1.29 is 9.90 Å². The second-order valence-corrected chi connectivity index (χ2v) is 4.94. The zero-order chi connectivity index (χ0) is 14.0. The molecule has 3 nitrogen and oxygen atoms in total. The predicted molar refractivity (Wildman–Crippen MR) is 77.5 cm³/mol. The molecule has 2 aromatic rings. The molecular weight excluding hydrogens is 309 g/mol. The number of aromatic hydroxyl groups is 1. The van der Waals surface area contributed by atoms with Crippen LogP contribution in [0.5, 0.6) is 5.75 Å². The van der Waals surface area contributed by atoms with Crippen molar-refractivity contribution in [3.05, 3.63) is 57.0 Å². The molecule has 1 amide bonds. The third-order valence-electron chi connectivity index (χ3n) is 2.40. The van der Waals surface area contributed by atoms with Gasteiger partial charge >= 0.3 is 0 Å². The molecule has 0 heterocycles. The van der Waals surface area contributed by atoms with Crippen LogP contribution >= 0.6 is 34.8 Å². The number of hydrogen-bond donors (Lipinski definition) is 2. The zero-order valence-electron chi connectivity index (χ0n) is 9.45. The van der Waals surface area contributed by atoms with E-state index in [4.69, 9.17) is 34.8 Å². The van der Waals surface area contributed by atoms with E-state index in [1.807, 2.05) is 0 Å². The van der Waals surface area contributed by atoms with Crippen molar-refractivity contribution in [3.8, 4) is 5.75 Å². The molecule has 0 radical (unpaired) electrons. The summed E-state index contributed by atoms with van der Waals surface area (Å²) in [5.41, 5.74) is 0.467. The molecule has 0 saturated heterocycles. The van der Waals surface area contributed by atoms with E-state index in [1.165, 1.54) is 18.2 Å². The molecule has 0 spiro atoms. The number of phenols is 1. The second-order valence-electron chi connectivity index (χ2n) is 3.72. The fourth-order valence-electron chi connectivity index (χ4n) is 1.49. The summed E-state index contributed by atoms with van der Waals surface area (Å²) >= 11 is 17.5. The van der Waals surface area contributed by atoms with Gasteiger partial charge in [-0.15, -0.1) is 0 Å². The van der Waals surface area contributed by atoms with Gasteiger partial charge in [0.05, 0.1) is 21.3 Å². The normalized spacial score (nSPS) is 10.3. The Kier molecular flexibility index (Phi) is 4.20. The Morgan fingerprint density at radius 2 is 1.84 bits per heavy atom. The fraction of sp³-hybridized carbons (Fsp3) is 0. The van der Waals surface area contributed by atoms with Gasteiger partial charge in [-0.1, -0.05) is 40.9 Å². The van der Waals surface area contributed by atoms with Crippen molar-refractivity contribution in [1.29, 1.82) is 0 Å². The molecule has 0 aromatic heterocycles. The Bertz CT molecular complexity index is 644. The minimum atomic E-state index is -0.502. The molecule has 2 N–H and O–H groups in total. The smallest absolute Gasteiger partial charge is 0.259 e. The third kappa shape index (κ3) is 3.13. The summed E-state index contributed by atoms with van der Waals surface area (Å²) in [4.78, 5) is 12.0. The SMILES string of the molecule is O=C(Nc1cccc(Cl)c1Cl)c1ccc(Cl)cc1O.